The fourth-order valence-corrected chi connectivity index (χ4v) is 3.11. The van der Waals surface area contributed by atoms with E-state index >= 15 is 0 Å². The Bertz CT molecular complexity index is 977. The van der Waals surface area contributed by atoms with Crippen molar-refractivity contribution in [1.82, 2.24) is 9.97 Å². The van der Waals surface area contributed by atoms with Crippen LogP contribution in [0.5, 0.6) is 5.75 Å². The lowest BCUT2D eigenvalue weighted by Gasteiger charge is -2.05. The molecule has 0 saturated carbocycles. The van der Waals surface area contributed by atoms with E-state index < -0.39 is 18.5 Å². The van der Waals surface area contributed by atoms with Gasteiger partial charge in [-0.1, -0.05) is 23.7 Å². The second-order valence-electron chi connectivity index (χ2n) is 5.23. The van der Waals surface area contributed by atoms with Crippen molar-refractivity contribution in [2.24, 2.45) is 0 Å². The summed E-state index contributed by atoms with van der Waals surface area (Å²) in [6.07, 6.45) is 1.38. The number of nitrogens with zero attached hydrogens (tertiary/aromatic N) is 2. The number of methoxy groups -OCH3 is 1. The molecule has 138 valence electrons. The summed E-state index contributed by atoms with van der Waals surface area (Å²) in [6, 6.07) is 10.3. The topological polar surface area (TPSA) is 90.4 Å². The normalized spacial score (nSPS) is 10.3. The van der Waals surface area contributed by atoms with E-state index in [1.807, 2.05) is 24.3 Å². The number of esters is 1. The monoisotopic (exact) mass is 403 g/mol. The summed E-state index contributed by atoms with van der Waals surface area (Å²) in [4.78, 5) is 32.0. The highest BCUT2D eigenvalue weighted by Crippen LogP contribution is 2.31. The van der Waals surface area contributed by atoms with Gasteiger partial charge in [0, 0.05) is 17.1 Å². The molecule has 0 atom stereocenters. The number of rotatable bonds is 6. The first-order chi connectivity index (χ1) is 13.1. The maximum atomic E-state index is 12.0. The van der Waals surface area contributed by atoms with E-state index in [9.17, 15) is 9.59 Å². The van der Waals surface area contributed by atoms with Crippen LogP contribution in [0.4, 0.5) is 5.13 Å². The van der Waals surface area contributed by atoms with E-state index in [0.717, 1.165) is 5.56 Å². The van der Waals surface area contributed by atoms with E-state index in [1.165, 1.54) is 29.7 Å². The number of aromatic nitrogens is 2. The molecule has 1 amide bonds. The van der Waals surface area contributed by atoms with Crippen molar-refractivity contribution >= 4 is 39.9 Å². The molecule has 0 bridgehead atoms. The summed E-state index contributed by atoms with van der Waals surface area (Å²) < 4.78 is 10.3. The van der Waals surface area contributed by atoms with Gasteiger partial charge < -0.3 is 9.47 Å². The summed E-state index contributed by atoms with van der Waals surface area (Å²) in [5, 5.41) is 4.96. The van der Waals surface area contributed by atoms with Crippen molar-refractivity contribution in [3.63, 3.8) is 0 Å². The molecule has 27 heavy (non-hydrogen) atoms. The molecule has 0 aliphatic carbocycles. The third-order valence-corrected chi connectivity index (χ3v) is 4.39. The van der Waals surface area contributed by atoms with E-state index in [0.29, 0.717) is 16.6 Å². The number of thiazole rings is 1. The van der Waals surface area contributed by atoms with Crippen LogP contribution < -0.4 is 10.1 Å². The number of benzene rings is 1. The minimum absolute atomic E-state index is 0.167. The van der Waals surface area contributed by atoms with Gasteiger partial charge in [0.2, 0.25) is 0 Å². The zero-order valence-electron chi connectivity index (χ0n) is 14.1. The number of anilines is 1. The van der Waals surface area contributed by atoms with Crippen LogP contribution in [-0.2, 0) is 9.53 Å². The maximum Gasteiger partial charge on any atom is 0.338 e. The van der Waals surface area contributed by atoms with Crippen molar-refractivity contribution < 1.29 is 19.1 Å². The van der Waals surface area contributed by atoms with Crippen molar-refractivity contribution in [2.75, 3.05) is 19.0 Å². The fourth-order valence-electron chi connectivity index (χ4n) is 2.21. The first kappa shape index (κ1) is 18.8. The van der Waals surface area contributed by atoms with Crippen LogP contribution >= 0.6 is 22.9 Å². The number of amides is 1. The highest BCUT2D eigenvalue weighted by Gasteiger charge is 2.14. The van der Waals surface area contributed by atoms with E-state index in [1.54, 1.807) is 12.5 Å². The molecule has 0 aliphatic rings. The number of ether oxygens (including phenoxy) is 2. The minimum atomic E-state index is -0.664. The second-order valence-corrected chi connectivity index (χ2v) is 6.48. The minimum Gasteiger partial charge on any atom is -0.496 e. The van der Waals surface area contributed by atoms with Gasteiger partial charge in [-0.2, -0.15) is 0 Å². The summed E-state index contributed by atoms with van der Waals surface area (Å²) in [5.74, 6) is -0.474. The molecule has 3 aromatic rings. The van der Waals surface area contributed by atoms with E-state index in [4.69, 9.17) is 21.1 Å². The molecule has 0 fully saturated rings. The molecule has 0 saturated heterocycles. The number of carbonyl (C=O) groups excluding carboxylic acids is 2. The molecule has 0 aliphatic heterocycles. The Morgan fingerprint density at radius 2 is 2.07 bits per heavy atom. The Morgan fingerprint density at radius 3 is 2.85 bits per heavy atom. The largest absolute Gasteiger partial charge is 0.496 e. The molecule has 2 aromatic heterocycles. The number of pyridine rings is 1. The lowest BCUT2D eigenvalue weighted by atomic mass is 10.1. The van der Waals surface area contributed by atoms with Crippen LogP contribution in [0.15, 0.2) is 48.0 Å². The lowest BCUT2D eigenvalue weighted by molar-refractivity contribution is -0.119. The molecule has 3 rings (SSSR count). The van der Waals surface area contributed by atoms with Crippen molar-refractivity contribution in [3.8, 4) is 17.0 Å². The molecule has 1 aromatic carbocycles. The number of hydrogen-bond donors (Lipinski definition) is 1. The Morgan fingerprint density at radius 1 is 1.26 bits per heavy atom. The number of hydrogen-bond acceptors (Lipinski definition) is 7. The van der Waals surface area contributed by atoms with Crippen LogP contribution in [0.25, 0.3) is 11.3 Å². The molecular formula is C18H14ClN3O4S. The Labute approximate surface area is 163 Å². The predicted molar refractivity (Wildman–Crippen MR) is 102 cm³/mol. The quantitative estimate of drug-likeness (QED) is 0.499. The van der Waals surface area contributed by atoms with Gasteiger partial charge in [0.25, 0.3) is 5.91 Å². The Kier molecular flexibility index (Phi) is 6.00. The van der Waals surface area contributed by atoms with Crippen LogP contribution in [0, 0.1) is 0 Å². The van der Waals surface area contributed by atoms with E-state index in [2.05, 4.69) is 15.3 Å². The van der Waals surface area contributed by atoms with Crippen molar-refractivity contribution in [3.05, 3.63) is 58.7 Å². The molecular weight excluding hydrogens is 390 g/mol. The Hall–Kier alpha value is -2.97. The van der Waals surface area contributed by atoms with Crippen LogP contribution in [0.1, 0.15) is 10.4 Å². The van der Waals surface area contributed by atoms with Crippen molar-refractivity contribution in [1.29, 1.82) is 0 Å². The average molecular weight is 404 g/mol. The van der Waals surface area contributed by atoms with Crippen LogP contribution in [-0.4, -0.2) is 35.6 Å². The third-order valence-electron chi connectivity index (χ3n) is 3.43. The first-order valence-corrected chi connectivity index (χ1v) is 9.00. The van der Waals surface area contributed by atoms with Gasteiger partial charge in [-0.25, -0.2) is 14.8 Å². The smallest absolute Gasteiger partial charge is 0.338 e. The summed E-state index contributed by atoms with van der Waals surface area (Å²) in [7, 11) is 1.58. The van der Waals surface area contributed by atoms with E-state index in [-0.39, 0.29) is 10.7 Å². The standard InChI is InChI=1S/C18H14ClN3O4S/c1-25-14-5-3-2-4-12(14)13-10-27-18(21-13)22-16(23)9-26-17(24)11-6-7-20-15(19)8-11/h2-8,10H,9H2,1H3,(H,21,22,23). The molecule has 0 unspecified atom stereocenters. The van der Waals surface area contributed by atoms with Gasteiger partial charge in [-0.15, -0.1) is 11.3 Å². The van der Waals surface area contributed by atoms with Crippen molar-refractivity contribution in [2.45, 2.75) is 0 Å². The highest BCUT2D eigenvalue weighted by molar-refractivity contribution is 7.14. The first-order valence-electron chi connectivity index (χ1n) is 7.74. The Balaban J connectivity index is 1.59. The van der Waals surface area contributed by atoms with Crippen LogP contribution in [0.3, 0.4) is 0 Å². The fraction of sp³-hybridized carbons (Fsp3) is 0.111. The number of carbonyl (C=O) groups is 2. The summed E-state index contributed by atoms with van der Waals surface area (Å²) in [5.41, 5.74) is 1.71. The van der Waals surface area contributed by atoms with Gasteiger partial charge in [0.05, 0.1) is 18.4 Å². The molecule has 7 nitrogen and oxygen atoms in total. The summed E-state index contributed by atoms with van der Waals surface area (Å²) >= 11 is 6.98. The zero-order chi connectivity index (χ0) is 19.2. The SMILES string of the molecule is COc1ccccc1-c1csc(NC(=O)COC(=O)c2ccnc(Cl)c2)n1. The van der Waals surface area contributed by atoms with Gasteiger partial charge in [-0.3, -0.25) is 10.1 Å². The van der Waals surface area contributed by atoms with Gasteiger partial charge >= 0.3 is 5.97 Å². The number of nitrogens with one attached hydrogen (secondary N) is 1. The van der Waals surface area contributed by atoms with Gasteiger partial charge in [0.15, 0.2) is 11.7 Å². The van der Waals surface area contributed by atoms with Gasteiger partial charge in [0.1, 0.15) is 10.9 Å². The maximum absolute atomic E-state index is 12.0. The third kappa shape index (κ3) is 4.81. The number of para-hydroxylation sites is 1. The molecule has 2 heterocycles. The highest BCUT2D eigenvalue weighted by atomic mass is 35.5. The molecule has 0 radical (unpaired) electrons. The average Bonchev–Trinajstić information content (AvgIpc) is 3.14. The molecule has 1 N–H and O–H groups in total. The van der Waals surface area contributed by atoms with Gasteiger partial charge in [-0.05, 0) is 24.3 Å². The second kappa shape index (κ2) is 8.61. The predicted octanol–water partition coefficient (Wildman–Crippen LogP) is 3.66. The van der Waals surface area contributed by atoms with Crippen LogP contribution in [0.2, 0.25) is 5.15 Å². The zero-order valence-corrected chi connectivity index (χ0v) is 15.7. The lowest BCUT2D eigenvalue weighted by Crippen LogP contribution is -2.20. The molecule has 0 spiro atoms. The summed E-state index contributed by atoms with van der Waals surface area (Å²) in [6.45, 7) is -0.442. The molecule has 9 heteroatoms. The number of halogens is 1.